The average Bonchev–Trinajstić information content (AvgIpc) is 2.73. The molecule has 0 saturated carbocycles. The predicted molar refractivity (Wildman–Crippen MR) is 87.3 cm³/mol. The monoisotopic (exact) mass is 355 g/mol. The molecule has 0 saturated heterocycles. The van der Waals surface area contributed by atoms with Gasteiger partial charge in [-0.2, -0.15) is 5.10 Å². The quantitative estimate of drug-likeness (QED) is 0.882. The van der Waals surface area contributed by atoms with Crippen LogP contribution in [0.4, 0.5) is 0 Å². The molecule has 0 radical (unpaired) electrons. The molecule has 0 spiro atoms. The highest BCUT2D eigenvalue weighted by molar-refractivity contribution is 9.10. The first-order chi connectivity index (χ1) is 9.58. The van der Waals surface area contributed by atoms with Crippen molar-refractivity contribution in [1.82, 2.24) is 9.78 Å². The second-order valence-electron chi connectivity index (χ2n) is 4.82. The van der Waals surface area contributed by atoms with Crippen LogP contribution < -0.4 is 5.73 Å². The van der Waals surface area contributed by atoms with Crippen LogP contribution in [0.2, 0.25) is 5.02 Å². The topological polar surface area (TPSA) is 43.8 Å². The van der Waals surface area contributed by atoms with E-state index in [-0.39, 0.29) is 5.92 Å². The summed E-state index contributed by atoms with van der Waals surface area (Å²) in [5.74, 6) is 0.196. The molecule has 1 aromatic heterocycles. The van der Waals surface area contributed by atoms with E-state index in [1.807, 2.05) is 35.9 Å². The Morgan fingerprint density at radius 3 is 2.70 bits per heavy atom. The highest BCUT2D eigenvalue weighted by atomic mass is 79.9. The molecular weight excluding hydrogens is 338 g/mol. The lowest BCUT2D eigenvalue weighted by Crippen LogP contribution is -2.17. The normalized spacial score (nSPS) is 12.7. The number of halogens is 2. The van der Waals surface area contributed by atoms with E-state index in [1.165, 1.54) is 5.69 Å². The Kier molecular flexibility index (Phi) is 5.24. The van der Waals surface area contributed by atoms with Crippen molar-refractivity contribution < 1.29 is 0 Å². The van der Waals surface area contributed by atoms with Crippen molar-refractivity contribution in [1.29, 1.82) is 0 Å². The summed E-state index contributed by atoms with van der Waals surface area (Å²) in [6.07, 6.45) is 0.829. The van der Waals surface area contributed by atoms with Crippen molar-refractivity contribution in [2.75, 3.05) is 6.54 Å². The molecule has 20 heavy (non-hydrogen) atoms. The lowest BCUT2D eigenvalue weighted by Gasteiger charge is -2.17. The third-order valence-electron chi connectivity index (χ3n) is 3.52. The molecule has 1 unspecified atom stereocenters. The second-order valence-corrected chi connectivity index (χ2v) is 6.02. The van der Waals surface area contributed by atoms with E-state index >= 15 is 0 Å². The summed E-state index contributed by atoms with van der Waals surface area (Å²) in [6, 6.07) is 7.90. The summed E-state index contributed by atoms with van der Waals surface area (Å²) in [7, 11) is 0. The van der Waals surface area contributed by atoms with Gasteiger partial charge in [-0.3, -0.25) is 4.68 Å². The Labute approximate surface area is 133 Å². The molecule has 0 aliphatic carbocycles. The summed E-state index contributed by atoms with van der Waals surface area (Å²) in [4.78, 5) is 0. The Hall–Kier alpha value is -0.840. The summed E-state index contributed by atoms with van der Waals surface area (Å²) < 4.78 is 3.10. The van der Waals surface area contributed by atoms with Crippen LogP contribution in [0.3, 0.4) is 0 Å². The standard InChI is InChI=1S/C15H19BrClN3/c1-3-20-14(15(16)10(2)19-20)8-11(9-18)12-6-4-5-7-13(12)17/h4-7,11H,3,8-9,18H2,1-2H3. The smallest absolute Gasteiger partial charge is 0.0738 e. The molecule has 1 aromatic carbocycles. The van der Waals surface area contributed by atoms with Crippen molar-refractivity contribution in [3.63, 3.8) is 0 Å². The van der Waals surface area contributed by atoms with Gasteiger partial charge in [-0.1, -0.05) is 29.8 Å². The van der Waals surface area contributed by atoms with Gasteiger partial charge in [0.1, 0.15) is 0 Å². The molecule has 5 heteroatoms. The second kappa shape index (κ2) is 6.74. The van der Waals surface area contributed by atoms with Crippen LogP contribution in [-0.4, -0.2) is 16.3 Å². The van der Waals surface area contributed by atoms with Crippen LogP contribution >= 0.6 is 27.5 Å². The fraction of sp³-hybridized carbons (Fsp3) is 0.400. The number of nitrogens with two attached hydrogens (primary N) is 1. The minimum atomic E-state index is 0.196. The van der Waals surface area contributed by atoms with Gasteiger partial charge in [-0.25, -0.2) is 0 Å². The Balaban J connectivity index is 2.34. The van der Waals surface area contributed by atoms with E-state index < -0.39 is 0 Å². The van der Waals surface area contributed by atoms with Crippen LogP contribution in [0, 0.1) is 6.92 Å². The fourth-order valence-corrected chi connectivity index (χ4v) is 3.16. The van der Waals surface area contributed by atoms with Gasteiger partial charge in [-0.05, 0) is 54.4 Å². The molecule has 0 bridgehead atoms. The van der Waals surface area contributed by atoms with E-state index in [4.69, 9.17) is 17.3 Å². The first kappa shape index (κ1) is 15.5. The molecule has 108 valence electrons. The van der Waals surface area contributed by atoms with Crippen molar-refractivity contribution in [2.24, 2.45) is 5.73 Å². The van der Waals surface area contributed by atoms with Gasteiger partial charge in [-0.15, -0.1) is 0 Å². The zero-order valence-corrected chi connectivity index (χ0v) is 14.1. The van der Waals surface area contributed by atoms with Crippen molar-refractivity contribution in [3.8, 4) is 0 Å². The number of rotatable bonds is 5. The van der Waals surface area contributed by atoms with E-state index in [0.717, 1.165) is 33.7 Å². The molecule has 2 rings (SSSR count). The molecule has 0 amide bonds. The fourth-order valence-electron chi connectivity index (χ4n) is 2.42. The van der Waals surface area contributed by atoms with Crippen LogP contribution in [0.1, 0.15) is 29.8 Å². The number of hydrogen-bond acceptors (Lipinski definition) is 2. The van der Waals surface area contributed by atoms with Crippen molar-refractivity contribution >= 4 is 27.5 Å². The third kappa shape index (κ3) is 3.08. The van der Waals surface area contributed by atoms with Crippen LogP contribution in [0.25, 0.3) is 0 Å². The first-order valence-electron chi connectivity index (χ1n) is 6.74. The van der Waals surface area contributed by atoms with Gasteiger partial charge in [0.2, 0.25) is 0 Å². The molecule has 1 atom stereocenters. The zero-order chi connectivity index (χ0) is 14.7. The lowest BCUT2D eigenvalue weighted by atomic mass is 9.94. The molecule has 0 aliphatic heterocycles. The summed E-state index contributed by atoms with van der Waals surface area (Å²) in [6.45, 7) is 5.51. The molecule has 3 nitrogen and oxygen atoms in total. The van der Waals surface area contributed by atoms with Gasteiger partial charge in [0.05, 0.1) is 15.9 Å². The first-order valence-corrected chi connectivity index (χ1v) is 7.91. The maximum Gasteiger partial charge on any atom is 0.0738 e. The Morgan fingerprint density at radius 2 is 2.10 bits per heavy atom. The highest BCUT2D eigenvalue weighted by Gasteiger charge is 2.19. The van der Waals surface area contributed by atoms with Gasteiger partial charge in [0, 0.05) is 17.5 Å². The molecule has 1 heterocycles. The Morgan fingerprint density at radius 1 is 1.40 bits per heavy atom. The summed E-state index contributed by atoms with van der Waals surface area (Å²) >= 11 is 9.93. The predicted octanol–water partition coefficient (Wildman–Crippen LogP) is 3.91. The molecule has 2 N–H and O–H groups in total. The minimum absolute atomic E-state index is 0.196. The van der Waals surface area contributed by atoms with Crippen LogP contribution in [0.5, 0.6) is 0 Å². The molecule has 0 fully saturated rings. The van der Waals surface area contributed by atoms with Crippen molar-refractivity contribution in [2.45, 2.75) is 32.7 Å². The van der Waals surface area contributed by atoms with Crippen LogP contribution in [-0.2, 0) is 13.0 Å². The van der Waals surface area contributed by atoms with E-state index in [2.05, 4.69) is 28.0 Å². The zero-order valence-electron chi connectivity index (χ0n) is 11.7. The Bertz CT molecular complexity index is 595. The van der Waals surface area contributed by atoms with E-state index in [0.29, 0.717) is 6.54 Å². The minimum Gasteiger partial charge on any atom is -0.330 e. The summed E-state index contributed by atoms with van der Waals surface area (Å²) in [5.41, 5.74) is 9.26. The van der Waals surface area contributed by atoms with E-state index in [9.17, 15) is 0 Å². The summed E-state index contributed by atoms with van der Waals surface area (Å²) in [5, 5.41) is 5.30. The lowest BCUT2D eigenvalue weighted by molar-refractivity contribution is 0.582. The van der Waals surface area contributed by atoms with Gasteiger partial charge in [0.15, 0.2) is 0 Å². The number of hydrogen-bond donors (Lipinski definition) is 1. The van der Waals surface area contributed by atoms with Gasteiger partial charge >= 0.3 is 0 Å². The van der Waals surface area contributed by atoms with Gasteiger partial charge < -0.3 is 5.73 Å². The molecular formula is C15H19BrClN3. The average molecular weight is 357 g/mol. The molecule has 0 aliphatic rings. The molecule has 2 aromatic rings. The van der Waals surface area contributed by atoms with E-state index in [1.54, 1.807) is 0 Å². The number of benzene rings is 1. The van der Waals surface area contributed by atoms with Crippen LogP contribution in [0.15, 0.2) is 28.7 Å². The highest BCUT2D eigenvalue weighted by Crippen LogP contribution is 2.30. The largest absolute Gasteiger partial charge is 0.330 e. The maximum absolute atomic E-state index is 6.29. The maximum atomic E-state index is 6.29. The third-order valence-corrected chi connectivity index (χ3v) is 4.90. The number of aromatic nitrogens is 2. The SMILES string of the molecule is CCn1nc(C)c(Br)c1CC(CN)c1ccccc1Cl. The number of aryl methyl sites for hydroxylation is 2. The van der Waals surface area contributed by atoms with Crippen molar-refractivity contribution in [3.05, 3.63) is 50.7 Å². The van der Waals surface area contributed by atoms with Gasteiger partial charge in [0.25, 0.3) is 0 Å². The number of nitrogens with zero attached hydrogens (tertiary/aromatic N) is 2.